The highest BCUT2D eigenvalue weighted by atomic mass is 16.1. The van der Waals surface area contributed by atoms with Crippen LogP contribution in [0.15, 0.2) is 0 Å². The van der Waals surface area contributed by atoms with Gasteiger partial charge in [0.05, 0.1) is 0 Å². The van der Waals surface area contributed by atoms with Gasteiger partial charge in [-0.1, -0.05) is 0 Å². The zero-order valence-electron chi connectivity index (χ0n) is 7.09. The largest absolute Gasteiger partial charge is 0.291 e. The van der Waals surface area contributed by atoms with Gasteiger partial charge < -0.3 is 0 Å². The molecule has 0 aromatic carbocycles. The first-order valence-corrected chi connectivity index (χ1v) is 3.57. The third-order valence-electron chi connectivity index (χ3n) is 1.31. The number of amides is 1. The lowest BCUT2D eigenvalue weighted by Gasteiger charge is -2.28. The summed E-state index contributed by atoms with van der Waals surface area (Å²) in [5.41, 5.74) is 2.63. The minimum Gasteiger partial charge on any atom is -0.291 e. The van der Waals surface area contributed by atoms with Gasteiger partial charge >= 0.3 is 0 Å². The monoisotopic (exact) mass is 144 g/mol. The third-order valence-corrected chi connectivity index (χ3v) is 1.31. The first-order chi connectivity index (χ1) is 4.59. The van der Waals surface area contributed by atoms with Gasteiger partial charge in [-0.25, -0.2) is 5.01 Å². The van der Waals surface area contributed by atoms with Crippen LogP contribution in [0.2, 0.25) is 0 Å². The molecule has 0 heterocycles. The van der Waals surface area contributed by atoms with E-state index in [4.69, 9.17) is 0 Å². The maximum atomic E-state index is 10.1. The fraction of sp³-hybridized carbons (Fsp3) is 0.857. The Kier molecular flexibility index (Phi) is 4.03. The van der Waals surface area contributed by atoms with Gasteiger partial charge in [-0.15, -0.1) is 0 Å². The second-order valence-electron chi connectivity index (χ2n) is 2.84. The number of nitrogens with zero attached hydrogens (tertiary/aromatic N) is 1. The summed E-state index contributed by atoms with van der Waals surface area (Å²) in [6, 6.07) is 0.704. The molecule has 0 saturated heterocycles. The topological polar surface area (TPSA) is 32.3 Å². The summed E-state index contributed by atoms with van der Waals surface area (Å²) >= 11 is 0. The van der Waals surface area contributed by atoms with Crippen molar-refractivity contribution in [2.45, 2.75) is 39.8 Å². The van der Waals surface area contributed by atoms with Crippen LogP contribution in [0.25, 0.3) is 0 Å². The number of carbonyl (C=O) groups is 1. The molecule has 3 nitrogen and oxygen atoms in total. The molecule has 0 atom stereocenters. The predicted molar refractivity (Wildman–Crippen MR) is 41.3 cm³/mol. The Morgan fingerprint density at radius 2 is 1.60 bits per heavy atom. The molecule has 0 radical (unpaired) electrons. The molecule has 0 spiro atoms. The Morgan fingerprint density at radius 3 is 1.70 bits per heavy atom. The second kappa shape index (κ2) is 4.28. The van der Waals surface area contributed by atoms with E-state index in [2.05, 4.69) is 5.43 Å². The fourth-order valence-corrected chi connectivity index (χ4v) is 0.955. The SMILES string of the molecule is CC(C)N(NC=O)C(C)C. The Hall–Kier alpha value is -0.570. The van der Waals surface area contributed by atoms with Crippen LogP contribution in [0.3, 0.4) is 0 Å². The molecule has 0 aromatic heterocycles. The number of hydrazine groups is 1. The van der Waals surface area contributed by atoms with Gasteiger partial charge in [-0.3, -0.25) is 10.2 Å². The average Bonchev–Trinajstić information content (AvgIpc) is 1.81. The van der Waals surface area contributed by atoms with Crippen molar-refractivity contribution in [1.82, 2.24) is 10.4 Å². The number of nitrogens with one attached hydrogen (secondary N) is 1. The van der Waals surface area contributed by atoms with E-state index in [0.717, 1.165) is 0 Å². The maximum Gasteiger partial charge on any atom is 0.221 e. The maximum absolute atomic E-state index is 10.1. The van der Waals surface area contributed by atoms with Crippen molar-refractivity contribution in [3.63, 3.8) is 0 Å². The van der Waals surface area contributed by atoms with E-state index in [9.17, 15) is 4.79 Å². The van der Waals surface area contributed by atoms with Crippen molar-refractivity contribution in [2.75, 3.05) is 0 Å². The minimum atomic E-state index is 0.352. The van der Waals surface area contributed by atoms with Crippen molar-refractivity contribution in [1.29, 1.82) is 0 Å². The van der Waals surface area contributed by atoms with Gasteiger partial charge in [0, 0.05) is 12.1 Å². The lowest BCUT2D eigenvalue weighted by Crippen LogP contribution is -2.46. The normalized spacial score (nSPS) is 11.1. The molecule has 1 N–H and O–H groups in total. The van der Waals surface area contributed by atoms with Gasteiger partial charge in [0.2, 0.25) is 6.41 Å². The number of hydrogen-bond donors (Lipinski definition) is 1. The van der Waals surface area contributed by atoms with E-state index in [1.165, 1.54) is 0 Å². The molecule has 0 bridgehead atoms. The van der Waals surface area contributed by atoms with Crippen LogP contribution in [0, 0.1) is 0 Å². The van der Waals surface area contributed by atoms with Crippen LogP contribution in [0.5, 0.6) is 0 Å². The third kappa shape index (κ3) is 2.82. The molecule has 0 fully saturated rings. The number of rotatable bonds is 4. The molecular formula is C7H16N2O. The van der Waals surface area contributed by atoms with Gasteiger partial charge in [-0.2, -0.15) is 0 Å². The summed E-state index contributed by atoms with van der Waals surface area (Å²) in [7, 11) is 0. The zero-order valence-corrected chi connectivity index (χ0v) is 7.09. The lowest BCUT2D eigenvalue weighted by molar-refractivity contribution is -0.115. The van der Waals surface area contributed by atoms with Gasteiger partial charge in [0.25, 0.3) is 0 Å². The zero-order chi connectivity index (χ0) is 8.15. The van der Waals surface area contributed by atoms with E-state index < -0.39 is 0 Å². The van der Waals surface area contributed by atoms with Crippen LogP contribution >= 0.6 is 0 Å². The van der Waals surface area contributed by atoms with E-state index in [1.54, 1.807) is 0 Å². The molecule has 0 aliphatic heterocycles. The predicted octanol–water partition coefficient (Wildman–Crippen LogP) is 0.766. The number of carbonyl (C=O) groups excluding carboxylic acids is 1. The highest BCUT2D eigenvalue weighted by Crippen LogP contribution is 1.98. The van der Waals surface area contributed by atoms with Crippen molar-refractivity contribution in [3.05, 3.63) is 0 Å². The molecule has 0 aromatic rings. The quantitative estimate of drug-likeness (QED) is 0.467. The molecule has 10 heavy (non-hydrogen) atoms. The smallest absolute Gasteiger partial charge is 0.221 e. The summed E-state index contributed by atoms with van der Waals surface area (Å²) < 4.78 is 0. The van der Waals surface area contributed by atoms with Crippen molar-refractivity contribution in [2.24, 2.45) is 0 Å². The minimum absolute atomic E-state index is 0.352. The fourth-order valence-electron chi connectivity index (χ4n) is 0.955. The summed E-state index contributed by atoms with van der Waals surface area (Å²) in [5.74, 6) is 0. The summed E-state index contributed by atoms with van der Waals surface area (Å²) in [6.45, 7) is 8.15. The molecule has 0 aliphatic rings. The molecule has 3 heteroatoms. The van der Waals surface area contributed by atoms with Gasteiger partial charge in [-0.05, 0) is 27.7 Å². The van der Waals surface area contributed by atoms with Crippen LogP contribution < -0.4 is 5.43 Å². The highest BCUT2D eigenvalue weighted by Gasteiger charge is 2.10. The van der Waals surface area contributed by atoms with E-state index in [0.29, 0.717) is 18.5 Å². The molecular weight excluding hydrogens is 128 g/mol. The molecule has 0 unspecified atom stereocenters. The van der Waals surface area contributed by atoms with E-state index in [1.807, 2.05) is 32.7 Å². The van der Waals surface area contributed by atoms with E-state index in [-0.39, 0.29) is 0 Å². The van der Waals surface area contributed by atoms with Crippen molar-refractivity contribution < 1.29 is 4.79 Å². The average molecular weight is 144 g/mol. The van der Waals surface area contributed by atoms with Crippen molar-refractivity contribution in [3.8, 4) is 0 Å². The first kappa shape index (κ1) is 9.43. The van der Waals surface area contributed by atoms with Crippen LogP contribution in [-0.4, -0.2) is 23.5 Å². The highest BCUT2D eigenvalue weighted by molar-refractivity contribution is 5.45. The molecule has 0 rings (SSSR count). The summed E-state index contributed by atoms with van der Waals surface area (Å²) in [6.07, 6.45) is 0.708. The lowest BCUT2D eigenvalue weighted by atomic mass is 10.3. The Morgan fingerprint density at radius 1 is 1.20 bits per heavy atom. The van der Waals surface area contributed by atoms with Crippen LogP contribution in [0.1, 0.15) is 27.7 Å². The van der Waals surface area contributed by atoms with Gasteiger partial charge in [0.15, 0.2) is 0 Å². The summed E-state index contributed by atoms with van der Waals surface area (Å²) in [4.78, 5) is 10.1. The molecule has 60 valence electrons. The Balaban J connectivity index is 3.84. The molecule has 0 saturated carbocycles. The van der Waals surface area contributed by atoms with Gasteiger partial charge in [0.1, 0.15) is 0 Å². The van der Waals surface area contributed by atoms with Crippen molar-refractivity contribution >= 4 is 6.41 Å². The second-order valence-corrected chi connectivity index (χ2v) is 2.84. The standard InChI is InChI=1S/C7H16N2O/c1-6(2)9(7(3)4)8-5-10/h5-7H,1-4H3,(H,8,10). The molecule has 1 amide bonds. The van der Waals surface area contributed by atoms with E-state index >= 15 is 0 Å². The Labute approximate surface area is 62.4 Å². The first-order valence-electron chi connectivity index (χ1n) is 3.57. The summed E-state index contributed by atoms with van der Waals surface area (Å²) in [5, 5.41) is 1.90. The van der Waals surface area contributed by atoms with Crippen LogP contribution in [-0.2, 0) is 4.79 Å². The Bertz CT molecular complexity index is 93.8. The molecule has 0 aliphatic carbocycles. The van der Waals surface area contributed by atoms with Crippen LogP contribution in [0.4, 0.5) is 0 Å². The number of hydrogen-bond acceptors (Lipinski definition) is 2.